The van der Waals surface area contributed by atoms with Crippen LogP contribution in [-0.4, -0.2) is 103 Å². The smallest absolute Gasteiger partial charge is 0.390 e. The maximum atomic E-state index is 13.6. The van der Waals surface area contributed by atoms with Gasteiger partial charge in [-0.15, -0.1) is 0 Å². The number of likely N-dealkylation sites (tertiary alicyclic amines) is 1. The largest absolute Gasteiger partial charge is 0.455 e. The normalized spacial score (nSPS) is 26.4. The number of nitrogens with one attached hydrogen (secondary N) is 1. The maximum absolute atomic E-state index is 13.6. The molecular weight excluding hydrogens is 752 g/mol. The number of alkyl halides is 3. The first-order valence-electron chi connectivity index (χ1n) is 20.2. The Hall–Kier alpha value is -5.01. The Morgan fingerprint density at radius 2 is 1.17 bits per heavy atom. The molecule has 2 spiro atoms. The maximum Gasteiger partial charge on any atom is 0.390 e. The van der Waals surface area contributed by atoms with Crippen LogP contribution in [0.5, 0.6) is 0 Å². The molecule has 8 nitrogen and oxygen atoms in total. The van der Waals surface area contributed by atoms with Gasteiger partial charge in [0.25, 0.3) is 12.0 Å². The van der Waals surface area contributed by atoms with Crippen LogP contribution in [0.2, 0.25) is 0 Å². The van der Waals surface area contributed by atoms with Crippen molar-refractivity contribution in [1.29, 1.82) is 0 Å². The van der Waals surface area contributed by atoms with Gasteiger partial charge in [-0.05, 0) is 77.0 Å². The average molecular weight is 799 g/mol. The highest BCUT2D eigenvalue weighted by Gasteiger charge is 2.48. The number of hydrogen-bond acceptors (Lipinski definition) is 8. The van der Waals surface area contributed by atoms with Crippen molar-refractivity contribution in [1.82, 2.24) is 20.0 Å². The molecule has 10 rings (SSSR count). The molecule has 0 aliphatic carbocycles. The van der Waals surface area contributed by atoms with Gasteiger partial charge in [-0.2, -0.15) is 13.2 Å². The summed E-state index contributed by atoms with van der Waals surface area (Å²) in [4.78, 5) is 15.6. The van der Waals surface area contributed by atoms with Crippen molar-refractivity contribution in [2.75, 3.05) is 58.9 Å². The molecule has 0 bridgehead atoms. The van der Waals surface area contributed by atoms with Gasteiger partial charge in [-0.3, -0.25) is 4.90 Å². The molecule has 0 saturated carbocycles. The predicted octanol–water partition coefficient (Wildman–Crippen LogP) is 7.45. The molecule has 4 aromatic carbocycles. The molecule has 0 unspecified atom stereocenters. The zero-order valence-corrected chi connectivity index (χ0v) is 32.2. The number of benzene rings is 4. The van der Waals surface area contributed by atoms with Crippen LogP contribution in [0.25, 0.3) is 0 Å². The highest BCUT2D eigenvalue weighted by molar-refractivity contribution is 5.78. The van der Waals surface area contributed by atoms with E-state index in [0.717, 1.165) is 61.6 Å². The lowest BCUT2D eigenvalue weighted by atomic mass is 9.88. The summed E-state index contributed by atoms with van der Waals surface area (Å²) < 4.78 is 77.7. The van der Waals surface area contributed by atoms with Crippen molar-refractivity contribution >= 4 is 12.0 Å². The fraction of sp³-hybridized carbons (Fsp3) is 0.422. The molecular formula is C45H47F5N6O2. The van der Waals surface area contributed by atoms with E-state index in [4.69, 9.17) is 19.5 Å². The van der Waals surface area contributed by atoms with E-state index in [2.05, 4.69) is 51.5 Å². The van der Waals surface area contributed by atoms with E-state index in [0.29, 0.717) is 45.2 Å². The number of amidine groups is 2. The van der Waals surface area contributed by atoms with Crippen LogP contribution in [0.15, 0.2) is 107 Å². The minimum Gasteiger partial charge on any atom is -0.455 e. The van der Waals surface area contributed by atoms with Gasteiger partial charge in [0.2, 0.25) is 0 Å². The Morgan fingerprint density at radius 3 is 1.69 bits per heavy atom. The number of hydrogen-bond donors (Lipinski definition) is 1. The van der Waals surface area contributed by atoms with E-state index in [1.54, 1.807) is 12.1 Å². The third kappa shape index (κ3) is 7.90. The number of ether oxygens (including phenoxy) is 2. The second kappa shape index (κ2) is 15.6. The minimum atomic E-state index is -4.16. The monoisotopic (exact) mass is 798 g/mol. The van der Waals surface area contributed by atoms with Gasteiger partial charge in [-0.1, -0.05) is 72.8 Å². The molecule has 0 amide bonds. The van der Waals surface area contributed by atoms with E-state index >= 15 is 0 Å². The van der Waals surface area contributed by atoms with Crippen molar-refractivity contribution in [2.45, 2.75) is 61.6 Å². The fourth-order valence-corrected chi connectivity index (χ4v) is 9.35. The third-order valence-corrected chi connectivity index (χ3v) is 12.4. The molecule has 0 radical (unpaired) electrons. The second-order valence-electron chi connectivity index (χ2n) is 16.3. The Labute approximate surface area is 335 Å². The summed E-state index contributed by atoms with van der Waals surface area (Å²) in [5.74, 6) is -0.502. The summed E-state index contributed by atoms with van der Waals surface area (Å²) in [6, 6.07) is 31.1. The zero-order valence-electron chi connectivity index (χ0n) is 32.2. The first-order chi connectivity index (χ1) is 28.1. The Balaban J connectivity index is 0.000000153. The third-order valence-electron chi connectivity index (χ3n) is 12.4. The number of fused-ring (bicyclic) bond motifs is 2. The van der Waals surface area contributed by atoms with Gasteiger partial charge < -0.3 is 24.6 Å². The predicted molar refractivity (Wildman–Crippen MR) is 212 cm³/mol. The summed E-state index contributed by atoms with van der Waals surface area (Å²) in [6.07, 6.45) is -1.53. The summed E-state index contributed by atoms with van der Waals surface area (Å²) in [6.45, 7) is 5.54. The van der Waals surface area contributed by atoms with Gasteiger partial charge in [0, 0.05) is 52.1 Å². The van der Waals surface area contributed by atoms with Crippen LogP contribution < -0.4 is 5.32 Å². The van der Waals surface area contributed by atoms with Crippen molar-refractivity contribution in [3.63, 3.8) is 0 Å². The van der Waals surface area contributed by atoms with Crippen molar-refractivity contribution in [3.05, 3.63) is 142 Å². The molecule has 2 saturated heterocycles. The number of rotatable bonds is 4. The number of aliphatic imine (C=N–C) groups is 2. The molecule has 6 aliphatic rings. The van der Waals surface area contributed by atoms with E-state index in [9.17, 15) is 22.0 Å². The zero-order chi connectivity index (χ0) is 39.9. The molecule has 6 heterocycles. The topological polar surface area (TPSA) is 64.9 Å². The molecule has 4 atom stereocenters. The average Bonchev–Trinajstić information content (AvgIpc) is 4.06. The van der Waals surface area contributed by atoms with E-state index in [1.807, 2.05) is 29.2 Å². The summed E-state index contributed by atoms with van der Waals surface area (Å²) in [5.41, 5.74) is 6.24. The van der Waals surface area contributed by atoms with Gasteiger partial charge in [0.1, 0.15) is 22.8 Å². The lowest BCUT2D eigenvalue weighted by Gasteiger charge is -2.39. The SMILES string of the molecule is Fc1ccc([C@H]2c3ccccc3CCN2C2=NC[C@]3(CCN(CCC(F)(F)F)C3)O2)cc1.Fc1ccc([C@H]2c3ccccc3CCN2C2=NC[C@]3(CCNC3)O2)cc1. The minimum absolute atomic E-state index is 0.00353. The molecule has 1 N–H and O–H groups in total. The van der Waals surface area contributed by atoms with E-state index < -0.39 is 18.2 Å². The van der Waals surface area contributed by atoms with Crippen LogP contribution in [0.3, 0.4) is 0 Å². The van der Waals surface area contributed by atoms with Crippen LogP contribution in [0.1, 0.15) is 64.7 Å². The summed E-state index contributed by atoms with van der Waals surface area (Å²) in [7, 11) is 0. The van der Waals surface area contributed by atoms with E-state index in [1.165, 1.54) is 41.0 Å². The second-order valence-corrected chi connectivity index (χ2v) is 16.3. The molecule has 304 valence electrons. The summed E-state index contributed by atoms with van der Waals surface area (Å²) in [5, 5.41) is 3.38. The Kier molecular flexibility index (Phi) is 10.4. The lowest BCUT2D eigenvalue weighted by Crippen LogP contribution is -2.44. The summed E-state index contributed by atoms with van der Waals surface area (Å²) >= 11 is 0. The lowest BCUT2D eigenvalue weighted by molar-refractivity contribution is -0.137. The van der Waals surface area contributed by atoms with Gasteiger partial charge in [0.15, 0.2) is 0 Å². The highest BCUT2D eigenvalue weighted by Crippen LogP contribution is 2.41. The van der Waals surface area contributed by atoms with Gasteiger partial charge >= 0.3 is 6.18 Å². The van der Waals surface area contributed by atoms with Crippen molar-refractivity contribution in [2.24, 2.45) is 9.98 Å². The molecule has 2 fully saturated rings. The van der Waals surface area contributed by atoms with Crippen molar-refractivity contribution < 1.29 is 31.4 Å². The molecule has 58 heavy (non-hydrogen) atoms. The van der Waals surface area contributed by atoms with E-state index in [-0.39, 0.29) is 35.9 Å². The standard InChI is InChI=1S/C24H25F4N3O.C21H22FN3O/c25-19-7-5-18(6-8-19)21-20-4-2-1-3-17(20)9-12-31(21)22-29-15-23(32-22)10-13-30(16-23)14-11-24(26,27)28;22-17-7-5-16(6-8-17)19-18-4-2-1-3-15(18)9-12-25(19)20-24-14-21(26-20)10-11-23-13-21/h1-8,21H,9-16H2;1-8,19,23H,9-14H2/t21-,23-;19-,21+/m00/s1. The number of halogens is 5. The highest BCUT2D eigenvalue weighted by atomic mass is 19.4. The Bertz CT molecular complexity index is 2160. The molecule has 0 aromatic heterocycles. The first-order valence-corrected chi connectivity index (χ1v) is 20.2. The molecule has 13 heteroatoms. The van der Waals surface area contributed by atoms with Crippen molar-refractivity contribution in [3.8, 4) is 0 Å². The fourth-order valence-electron chi connectivity index (χ4n) is 9.35. The van der Waals surface area contributed by atoms with Crippen LogP contribution in [-0.2, 0) is 22.3 Å². The molecule has 4 aromatic rings. The van der Waals surface area contributed by atoms with Crippen LogP contribution in [0.4, 0.5) is 22.0 Å². The molecule has 6 aliphatic heterocycles. The van der Waals surface area contributed by atoms with Gasteiger partial charge in [0.05, 0.1) is 31.6 Å². The van der Waals surface area contributed by atoms with Gasteiger partial charge in [-0.25, -0.2) is 18.8 Å². The number of nitrogens with zero attached hydrogens (tertiary/aromatic N) is 5. The quantitative estimate of drug-likeness (QED) is 0.217. The first kappa shape index (κ1) is 38.5. The Morgan fingerprint density at radius 1 is 0.655 bits per heavy atom. The van der Waals surface area contributed by atoms with Crippen LogP contribution in [0, 0.1) is 11.6 Å². The van der Waals surface area contributed by atoms with Crippen LogP contribution >= 0.6 is 0 Å².